The van der Waals surface area contributed by atoms with E-state index in [1.165, 1.54) is 45.2 Å². The molecule has 3 aliphatic rings. The number of piperidine rings is 1. The maximum Gasteiger partial charge on any atom is 0.0393 e. The highest BCUT2D eigenvalue weighted by Crippen LogP contribution is 2.48. The lowest BCUT2D eigenvalue weighted by Crippen LogP contribution is -2.53. The van der Waals surface area contributed by atoms with Crippen molar-refractivity contribution in [2.24, 2.45) is 29.6 Å². The van der Waals surface area contributed by atoms with Gasteiger partial charge in [0.1, 0.15) is 0 Å². The Kier molecular flexibility index (Phi) is 4.90. The Bertz CT molecular complexity index is 327. The van der Waals surface area contributed by atoms with Crippen LogP contribution in [-0.4, -0.2) is 35.8 Å². The molecule has 2 aliphatic carbocycles. The molecule has 0 aromatic rings. The maximum absolute atomic E-state index is 6.67. The van der Waals surface area contributed by atoms with Crippen LogP contribution in [0.15, 0.2) is 0 Å². The second-order valence-corrected chi connectivity index (χ2v) is 9.00. The minimum Gasteiger partial charge on any atom is -0.306 e. The monoisotopic (exact) mass is 317 g/mol. The number of likely N-dealkylation sites (tertiary alicyclic amines) is 1. The van der Waals surface area contributed by atoms with E-state index in [9.17, 15) is 0 Å². The van der Waals surface area contributed by atoms with Crippen LogP contribution in [0.3, 0.4) is 0 Å². The Labute approximate surface area is 134 Å². The van der Waals surface area contributed by atoms with E-state index in [0.29, 0.717) is 16.7 Å². The minimum absolute atomic E-state index is 0.295. The number of hydrogen-bond donors (Lipinski definition) is 0. The minimum atomic E-state index is 0.295. The fraction of sp³-hybridized carbons (Fsp3) is 1.00. The van der Waals surface area contributed by atoms with E-state index >= 15 is 0 Å². The maximum atomic E-state index is 6.67. The summed E-state index contributed by atoms with van der Waals surface area (Å²) in [7, 11) is 2.28. The summed E-state index contributed by atoms with van der Waals surface area (Å²) in [6.45, 7) is 4.87. The van der Waals surface area contributed by atoms with E-state index in [0.717, 1.165) is 30.1 Å². The van der Waals surface area contributed by atoms with Gasteiger partial charge in [-0.3, -0.25) is 0 Å². The smallest absolute Gasteiger partial charge is 0.0393 e. The SMILES string of the molecule is CC1CCC([C@@H]2CN(C)CC3C(Cl)CC(Cl)CC32)CC1. The van der Waals surface area contributed by atoms with E-state index in [-0.39, 0.29) is 0 Å². The molecule has 2 saturated carbocycles. The normalized spacial score (nSPS) is 50.7. The van der Waals surface area contributed by atoms with Crippen molar-refractivity contribution in [3.63, 3.8) is 0 Å². The van der Waals surface area contributed by atoms with Gasteiger partial charge in [0, 0.05) is 23.8 Å². The van der Waals surface area contributed by atoms with E-state index in [2.05, 4.69) is 18.9 Å². The van der Waals surface area contributed by atoms with Crippen molar-refractivity contribution >= 4 is 23.2 Å². The molecule has 0 aromatic carbocycles. The van der Waals surface area contributed by atoms with Gasteiger partial charge in [-0.2, -0.15) is 0 Å². The standard InChI is InChI=1S/C17H29Cl2N/c1-11-3-5-12(6-4-11)15-9-20(2)10-16-14(15)7-13(18)8-17(16)19/h11-17H,3-10H2,1-2H3/t11?,12?,13?,14?,15-,16?,17?/m0/s1. The van der Waals surface area contributed by atoms with Crippen LogP contribution in [0.5, 0.6) is 0 Å². The van der Waals surface area contributed by atoms with Crippen molar-refractivity contribution in [1.29, 1.82) is 0 Å². The number of fused-ring (bicyclic) bond motifs is 1. The summed E-state index contributed by atoms with van der Waals surface area (Å²) in [4.78, 5) is 2.54. The number of nitrogens with zero attached hydrogens (tertiary/aromatic N) is 1. The molecule has 5 atom stereocenters. The van der Waals surface area contributed by atoms with Crippen molar-refractivity contribution in [1.82, 2.24) is 4.90 Å². The highest BCUT2D eigenvalue weighted by atomic mass is 35.5. The van der Waals surface area contributed by atoms with Crippen molar-refractivity contribution in [2.45, 2.75) is 56.2 Å². The third-order valence-corrected chi connectivity index (χ3v) is 7.14. The molecule has 4 unspecified atom stereocenters. The summed E-state index contributed by atoms with van der Waals surface area (Å²) >= 11 is 13.2. The molecule has 1 saturated heterocycles. The topological polar surface area (TPSA) is 3.24 Å². The fourth-order valence-corrected chi connectivity index (χ4v) is 6.11. The average Bonchev–Trinajstić information content (AvgIpc) is 2.40. The van der Waals surface area contributed by atoms with Gasteiger partial charge in [-0.15, -0.1) is 23.2 Å². The molecule has 0 aromatic heterocycles. The lowest BCUT2D eigenvalue weighted by atomic mass is 9.62. The first kappa shape index (κ1) is 15.4. The zero-order chi connectivity index (χ0) is 14.3. The zero-order valence-corrected chi connectivity index (χ0v) is 14.4. The molecule has 0 amide bonds. The van der Waals surface area contributed by atoms with Gasteiger partial charge in [0.15, 0.2) is 0 Å². The van der Waals surface area contributed by atoms with Crippen LogP contribution in [-0.2, 0) is 0 Å². The van der Waals surface area contributed by atoms with Gasteiger partial charge in [-0.25, -0.2) is 0 Å². The van der Waals surface area contributed by atoms with Gasteiger partial charge in [0.2, 0.25) is 0 Å². The van der Waals surface area contributed by atoms with E-state index in [4.69, 9.17) is 23.2 Å². The van der Waals surface area contributed by atoms with Gasteiger partial charge >= 0.3 is 0 Å². The summed E-state index contributed by atoms with van der Waals surface area (Å²) in [5.74, 6) is 4.16. The van der Waals surface area contributed by atoms with Gasteiger partial charge in [-0.05, 0) is 62.3 Å². The Morgan fingerprint density at radius 2 is 1.50 bits per heavy atom. The Hall–Kier alpha value is 0.540. The number of rotatable bonds is 1. The lowest BCUT2D eigenvalue weighted by Gasteiger charge is -2.51. The van der Waals surface area contributed by atoms with Crippen molar-refractivity contribution < 1.29 is 0 Å². The first-order chi connectivity index (χ1) is 9.54. The molecule has 20 heavy (non-hydrogen) atoms. The molecule has 1 aliphatic heterocycles. The fourth-order valence-electron chi connectivity index (χ4n) is 5.14. The second-order valence-electron chi connectivity index (χ2n) is 7.82. The highest BCUT2D eigenvalue weighted by molar-refractivity contribution is 6.24. The molecule has 3 fully saturated rings. The Morgan fingerprint density at radius 1 is 0.850 bits per heavy atom. The van der Waals surface area contributed by atoms with Gasteiger partial charge in [-0.1, -0.05) is 19.8 Å². The van der Waals surface area contributed by atoms with Crippen LogP contribution >= 0.6 is 23.2 Å². The highest BCUT2D eigenvalue weighted by Gasteiger charge is 2.46. The van der Waals surface area contributed by atoms with Crippen LogP contribution in [0.2, 0.25) is 0 Å². The molecule has 0 N–H and O–H groups in total. The molecular weight excluding hydrogens is 289 g/mol. The molecule has 0 radical (unpaired) electrons. The van der Waals surface area contributed by atoms with Gasteiger partial charge in [0.05, 0.1) is 0 Å². The molecule has 1 heterocycles. The van der Waals surface area contributed by atoms with E-state index < -0.39 is 0 Å². The summed E-state index contributed by atoms with van der Waals surface area (Å²) < 4.78 is 0. The number of halogens is 2. The molecule has 116 valence electrons. The lowest BCUT2D eigenvalue weighted by molar-refractivity contribution is 0.00702. The van der Waals surface area contributed by atoms with E-state index in [1.807, 2.05) is 0 Å². The second kappa shape index (κ2) is 6.34. The Morgan fingerprint density at radius 3 is 2.20 bits per heavy atom. The van der Waals surface area contributed by atoms with Gasteiger partial charge < -0.3 is 4.90 Å². The summed E-state index contributed by atoms with van der Waals surface area (Å²) in [6.07, 6.45) is 7.94. The Balaban J connectivity index is 1.74. The molecule has 0 bridgehead atoms. The first-order valence-electron chi connectivity index (χ1n) is 8.51. The largest absolute Gasteiger partial charge is 0.306 e. The molecule has 1 nitrogen and oxygen atoms in total. The predicted molar refractivity (Wildman–Crippen MR) is 87.6 cm³/mol. The van der Waals surface area contributed by atoms with Crippen LogP contribution in [0, 0.1) is 29.6 Å². The quantitative estimate of drug-likeness (QED) is 0.638. The third kappa shape index (κ3) is 3.15. The predicted octanol–water partition coefficient (Wildman–Crippen LogP) is 4.62. The summed E-state index contributed by atoms with van der Waals surface area (Å²) in [5.41, 5.74) is 0. The van der Waals surface area contributed by atoms with Crippen LogP contribution in [0.1, 0.15) is 45.4 Å². The summed E-state index contributed by atoms with van der Waals surface area (Å²) in [6, 6.07) is 0. The average molecular weight is 318 g/mol. The molecule has 0 spiro atoms. The van der Waals surface area contributed by atoms with Crippen LogP contribution < -0.4 is 0 Å². The molecule has 3 heteroatoms. The van der Waals surface area contributed by atoms with Crippen LogP contribution in [0.25, 0.3) is 0 Å². The van der Waals surface area contributed by atoms with Crippen molar-refractivity contribution in [2.75, 3.05) is 20.1 Å². The van der Waals surface area contributed by atoms with Gasteiger partial charge in [0.25, 0.3) is 0 Å². The zero-order valence-electron chi connectivity index (χ0n) is 12.9. The first-order valence-corrected chi connectivity index (χ1v) is 9.38. The van der Waals surface area contributed by atoms with Crippen molar-refractivity contribution in [3.8, 4) is 0 Å². The summed E-state index contributed by atoms with van der Waals surface area (Å²) in [5, 5.41) is 0.608. The third-order valence-electron chi connectivity index (χ3n) is 6.28. The number of hydrogen-bond acceptors (Lipinski definition) is 1. The molecule has 3 rings (SSSR count). The van der Waals surface area contributed by atoms with E-state index in [1.54, 1.807) is 0 Å². The van der Waals surface area contributed by atoms with Crippen LogP contribution in [0.4, 0.5) is 0 Å². The molecular formula is C17H29Cl2N. The van der Waals surface area contributed by atoms with Crippen molar-refractivity contribution in [3.05, 3.63) is 0 Å². The number of alkyl halides is 2.